The van der Waals surface area contributed by atoms with E-state index in [2.05, 4.69) is 11.0 Å². The zero-order valence-corrected chi connectivity index (χ0v) is 10.2. The van der Waals surface area contributed by atoms with Gasteiger partial charge in [-0.1, -0.05) is 18.0 Å². The van der Waals surface area contributed by atoms with Gasteiger partial charge < -0.3 is 4.90 Å². The average molecular weight is 241 g/mol. The maximum atomic E-state index is 9.14. The van der Waals surface area contributed by atoms with Gasteiger partial charge in [0.25, 0.3) is 0 Å². The Hall–Kier alpha value is -0.720. The Morgan fingerprint density at radius 1 is 1.60 bits per heavy atom. The van der Waals surface area contributed by atoms with Gasteiger partial charge in [-0.3, -0.25) is 0 Å². The molecule has 0 radical (unpaired) electrons. The number of nitriles is 1. The van der Waals surface area contributed by atoms with E-state index in [4.69, 9.17) is 16.9 Å². The molecular formula is C11H13ClN2S. The summed E-state index contributed by atoms with van der Waals surface area (Å²) in [7, 11) is 2.03. The molecule has 0 N–H and O–H groups in total. The highest BCUT2D eigenvalue weighted by Crippen LogP contribution is 2.42. The maximum absolute atomic E-state index is 9.14. The Bertz CT molecular complexity index is 390. The fraction of sp³-hybridized carbons (Fsp3) is 0.545. The quantitative estimate of drug-likeness (QED) is 0.808. The van der Waals surface area contributed by atoms with Crippen molar-refractivity contribution in [3.8, 4) is 6.07 Å². The summed E-state index contributed by atoms with van der Waals surface area (Å²) in [5.41, 5.74) is -0.106. The molecule has 2 nitrogen and oxygen atoms in total. The van der Waals surface area contributed by atoms with E-state index >= 15 is 0 Å². The highest BCUT2D eigenvalue weighted by molar-refractivity contribution is 7.19. The summed E-state index contributed by atoms with van der Waals surface area (Å²) in [4.78, 5) is 2.14. The Morgan fingerprint density at radius 2 is 2.33 bits per heavy atom. The Labute approximate surface area is 99.1 Å². The van der Waals surface area contributed by atoms with E-state index < -0.39 is 0 Å². The van der Waals surface area contributed by atoms with Gasteiger partial charge in [-0.15, -0.1) is 11.3 Å². The van der Waals surface area contributed by atoms with Crippen LogP contribution in [0.25, 0.3) is 0 Å². The van der Waals surface area contributed by atoms with Crippen molar-refractivity contribution in [3.05, 3.63) is 16.5 Å². The van der Waals surface area contributed by atoms with Crippen molar-refractivity contribution in [2.45, 2.75) is 19.3 Å². The van der Waals surface area contributed by atoms with Crippen LogP contribution in [-0.2, 0) is 0 Å². The molecule has 0 aromatic carbocycles. The van der Waals surface area contributed by atoms with Crippen molar-refractivity contribution < 1.29 is 0 Å². The minimum atomic E-state index is -0.106. The van der Waals surface area contributed by atoms with Crippen LogP contribution in [0.1, 0.15) is 19.3 Å². The van der Waals surface area contributed by atoms with Crippen molar-refractivity contribution in [1.29, 1.82) is 5.26 Å². The standard InChI is InChI=1S/C11H13ClN2S/c1-14(10-4-3-9(12)15-10)8-11(7-13)5-2-6-11/h3-4H,2,5-6,8H2,1H3. The van der Waals surface area contributed by atoms with Crippen molar-refractivity contribution in [2.24, 2.45) is 5.41 Å². The minimum absolute atomic E-state index is 0.106. The number of thiophene rings is 1. The van der Waals surface area contributed by atoms with E-state index in [0.717, 1.165) is 28.7 Å². The smallest absolute Gasteiger partial charge is 0.0950 e. The van der Waals surface area contributed by atoms with Gasteiger partial charge >= 0.3 is 0 Å². The first-order valence-electron chi connectivity index (χ1n) is 5.03. The van der Waals surface area contributed by atoms with Crippen LogP contribution in [0.3, 0.4) is 0 Å². The summed E-state index contributed by atoms with van der Waals surface area (Å²) in [6.45, 7) is 0.820. The molecule has 0 bridgehead atoms. The van der Waals surface area contributed by atoms with Gasteiger partial charge in [0.1, 0.15) is 0 Å². The third-order valence-electron chi connectivity index (χ3n) is 3.02. The van der Waals surface area contributed by atoms with E-state index in [1.54, 1.807) is 11.3 Å². The van der Waals surface area contributed by atoms with Gasteiger partial charge in [0.2, 0.25) is 0 Å². The van der Waals surface area contributed by atoms with E-state index in [1.807, 2.05) is 19.2 Å². The average Bonchev–Trinajstić information content (AvgIpc) is 2.58. The first-order chi connectivity index (χ1) is 7.15. The molecule has 2 rings (SSSR count). The SMILES string of the molecule is CN(CC1(C#N)CCC1)c1ccc(Cl)s1. The minimum Gasteiger partial charge on any atom is -0.365 e. The zero-order valence-electron chi connectivity index (χ0n) is 8.66. The second-order valence-corrected chi connectivity index (χ2v) is 5.87. The summed E-state index contributed by atoms with van der Waals surface area (Å²) in [6, 6.07) is 6.36. The van der Waals surface area contributed by atoms with Crippen molar-refractivity contribution >= 4 is 27.9 Å². The lowest BCUT2D eigenvalue weighted by molar-refractivity contribution is 0.223. The fourth-order valence-corrected chi connectivity index (χ4v) is 2.94. The van der Waals surface area contributed by atoms with E-state index in [0.29, 0.717) is 0 Å². The van der Waals surface area contributed by atoms with E-state index in [9.17, 15) is 0 Å². The number of anilines is 1. The highest BCUT2D eigenvalue weighted by atomic mass is 35.5. The molecule has 1 fully saturated rings. The van der Waals surface area contributed by atoms with Gasteiger partial charge in [-0.25, -0.2) is 0 Å². The first kappa shape index (κ1) is 10.8. The Balaban J connectivity index is 2.04. The van der Waals surface area contributed by atoms with E-state index in [-0.39, 0.29) is 5.41 Å². The fourth-order valence-electron chi connectivity index (χ4n) is 1.95. The molecule has 0 atom stereocenters. The third-order valence-corrected chi connectivity index (χ3v) is 4.37. The van der Waals surface area contributed by atoms with Crippen molar-refractivity contribution in [1.82, 2.24) is 0 Å². The van der Waals surface area contributed by atoms with Crippen molar-refractivity contribution in [2.75, 3.05) is 18.5 Å². The van der Waals surface area contributed by atoms with Crippen LogP contribution >= 0.6 is 22.9 Å². The molecule has 1 aromatic heterocycles. The molecule has 1 heterocycles. The van der Waals surface area contributed by atoms with Gasteiger partial charge in [0.05, 0.1) is 20.8 Å². The normalized spacial score (nSPS) is 17.9. The predicted octanol–water partition coefficient (Wildman–Crippen LogP) is 3.53. The predicted molar refractivity (Wildman–Crippen MR) is 64.5 cm³/mol. The maximum Gasteiger partial charge on any atom is 0.0950 e. The van der Waals surface area contributed by atoms with Crippen LogP contribution in [0.4, 0.5) is 5.00 Å². The van der Waals surface area contributed by atoms with E-state index in [1.165, 1.54) is 6.42 Å². The number of hydrogen-bond donors (Lipinski definition) is 0. The topological polar surface area (TPSA) is 27.0 Å². The highest BCUT2D eigenvalue weighted by Gasteiger charge is 2.38. The van der Waals surface area contributed by atoms with Crippen LogP contribution in [0.2, 0.25) is 4.34 Å². The van der Waals surface area contributed by atoms with Gasteiger partial charge in [-0.2, -0.15) is 5.26 Å². The molecule has 1 aliphatic carbocycles. The molecular weight excluding hydrogens is 228 g/mol. The summed E-state index contributed by atoms with van der Waals surface area (Å²) in [6.07, 6.45) is 3.26. The molecule has 0 aliphatic heterocycles. The number of hydrogen-bond acceptors (Lipinski definition) is 3. The van der Waals surface area contributed by atoms with Crippen LogP contribution in [-0.4, -0.2) is 13.6 Å². The molecule has 4 heteroatoms. The van der Waals surface area contributed by atoms with Gasteiger partial charge in [0, 0.05) is 13.6 Å². The number of rotatable bonds is 3. The second-order valence-electron chi connectivity index (χ2n) is 4.18. The van der Waals surface area contributed by atoms with Crippen molar-refractivity contribution in [3.63, 3.8) is 0 Å². The summed E-state index contributed by atoms with van der Waals surface area (Å²) in [5.74, 6) is 0. The second kappa shape index (κ2) is 4.03. The molecule has 15 heavy (non-hydrogen) atoms. The van der Waals surface area contributed by atoms with Crippen LogP contribution in [0, 0.1) is 16.7 Å². The molecule has 1 aliphatic rings. The third kappa shape index (κ3) is 2.11. The monoisotopic (exact) mass is 240 g/mol. The summed E-state index contributed by atoms with van der Waals surface area (Å²) < 4.78 is 0.802. The number of nitrogens with zero attached hydrogens (tertiary/aromatic N) is 2. The van der Waals surface area contributed by atoms with Crippen LogP contribution in [0.15, 0.2) is 12.1 Å². The summed E-state index contributed by atoms with van der Waals surface area (Å²) in [5, 5.41) is 10.3. The molecule has 1 saturated carbocycles. The molecule has 0 spiro atoms. The van der Waals surface area contributed by atoms with Gasteiger partial charge in [0.15, 0.2) is 0 Å². The van der Waals surface area contributed by atoms with Gasteiger partial charge in [-0.05, 0) is 25.0 Å². The lowest BCUT2D eigenvalue weighted by Gasteiger charge is -2.38. The molecule has 0 unspecified atom stereocenters. The Kier molecular flexibility index (Phi) is 2.90. The van der Waals surface area contributed by atoms with Crippen LogP contribution < -0.4 is 4.90 Å². The first-order valence-corrected chi connectivity index (χ1v) is 6.22. The molecule has 1 aromatic rings. The number of halogens is 1. The lowest BCUT2D eigenvalue weighted by Crippen LogP contribution is -2.39. The molecule has 0 amide bonds. The Morgan fingerprint density at radius 3 is 2.73 bits per heavy atom. The zero-order chi connectivity index (χ0) is 10.9. The lowest BCUT2D eigenvalue weighted by atomic mass is 9.70. The molecule has 80 valence electrons. The van der Waals surface area contributed by atoms with Crippen LogP contribution in [0.5, 0.6) is 0 Å². The summed E-state index contributed by atoms with van der Waals surface area (Å²) >= 11 is 7.45. The largest absolute Gasteiger partial charge is 0.365 e. The molecule has 0 saturated heterocycles.